The Kier molecular flexibility index (Phi) is 7.65. The quantitative estimate of drug-likeness (QED) is 0.225. The Labute approximate surface area is 192 Å². The molecule has 0 atom stereocenters. The fraction of sp³-hybridized carbons (Fsp3) is 0.211. The van der Waals surface area contributed by atoms with Crippen LogP contribution in [0.15, 0.2) is 41.4 Å². The number of thioether (sulfide) groups is 1. The molecule has 0 saturated heterocycles. The number of aromatic nitrogens is 3. The number of halogens is 3. The topological polar surface area (TPSA) is 59.8 Å². The molecule has 0 spiro atoms. The van der Waals surface area contributed by atoms with Crippen molar-refractivity contribution in [2.24, 2.45) is 0 Å². The Morgan fingerprint density at radius 3 is 2.69 bits per heavy atom. The Hall–Kier alpha value is -1.51. The molecule has 152 valence electrons. The SMILES string of the molecule is C=CCn1c(SCC(=O)Nc2cc(Cl)c(Cl)cc2Cl)nnc1-c1csc(CC)c1. The molecular formula is C19H17Cl3N4OS2. The van der Waals surface area contributed by atoms with E-state index in [2.05, 4.69) is 40.5 Å². The maximum Gasteiger partial charge on any atom is 0.234 e. The maximum absolute atomic E-state index is 12.4. The Bertz CT molecular complexity index is 1050. The van der Waals surface area contributed by atoms with Crippen LogP contribution < -0.4 is 5.32 Å². The lowest BCUT2D eigenvalue weighted by Crippen LogP contribution is -2.15. The maximum atomic E-state index is 12.4. The number of nitrogens with zero attached hydrogens (tertiary/aromatic N) is 3. The molecule has 0 radical (unpaired) electrons. The summed E-state index contributed by atoms with van der Waals surface area (Å²) in [6.45, 7) is 6.47. The van der Waals surface area contributed by atoms with Crippen LogP contribution in [0.2, 0.25) is 15.1 Å². The van der Waals surface area contributed by atoms with Gasteiger partial charge in [-0.2, -0.15) is 0 Å². The van der Waals surface area contributed by atoms with E-state index in [-0.39, 0.29) is 11.7 Å². The predicted molar refractivity (Wildman–Crippen MR) is 124 cm³/mol. The van der Waals surface area contributed by atoms with Gasteiger partial charge in [0.15, 0.2) is 11.0 Å². The normalized spacial score (nSPS) is 10.9. The molecule has 3 rings (SSSR count). The van der Waals surface area contributed by atoms with Crippen molar-refractivity contribution >= 4 is 69.5 Å². The van der Waals surface area contributed by atoms with Crippen LogP contribution in [0.3, 0.4) is 0 Å². The first-order chi connectivity index (χ1) is 13.9. The summed E-state index contributed by atoms with van der Waals surface area (Å²) in [4.78, 5) is 13.7. The number of nitrogens with one attached hydrogen (secondary N) is 1. The molecule has 0 saturated carbocycles. The van der Waals surface area contributed by atoms with Crippen molar-refractivity contribution in [2.45, 2.75) is 25.0 Å². The van der Waals surface area contributed by atoms with Crippen molar-refractivity contribution in [1.29, 1.82) is 0 Å². The van der Waals surface area contributed by atoms with E-state index >= 15 is 0 Å². The number of rotatable bonds is 8. The van der Waals surface area contributed by atoms with E-state index in [9.17, 15) is 4.79 Å². The van der Waals surface area contributed by atoms with Crippen LogP contribution in [0.4, 0.5) is 5.69 Å². The van der Waals surface area contributed by atoms with Crippen LogP contribution in [0.25, 0.3) is 11.4 Å². The highest BCUT2D eigenvalue weighted by atomic mass is 35.5. The lowest BCUT2D eigenvalue weighted by Gasteiger charge is -2.09. The van der Waals surface area contributed by atoms with E-state index in [1.165, 1.54) is 28.8 Å². The first-order valence-electron chi connectivity index (χ1n) is 8.62. The molecule has 10 heteroatoms. The third-order valence-electron chi connectivity index (χ3n) is 3.91. The highest BCUT2D eigenvalue weighted by Gasteiger charge is 2.17. The lowest BCUT2D eigenvalue weighted by molar-refractivity contribution is -0.113. The minimum Gasteiger partial charge on any atom is -0.324 e. The summed E-state index contributed by atoms with van der Waals surface area (Å²) in [6.07, 6.45) is 2.75. The molecule has 1 aromatic carbocycles. The molecule has 2 aromatic heterocycles. The largest absolute Gasteiger partial charge is 0.324 e. The van der Waals surface area contributed by atoms with Gasteiger partial charge in [0.25, 0.3) is 0 Å². The van der Waals surface area contributed by atoms with E-state index in [4.69, 9.17) is 34.8 Å². The number of hydrogen-bond donors (Lipinski definition) is 1. The van der Waals surface area contributed by atoms with Gasteiger partial charge in [0.05, 0.1) is 26.5 Å². The molecule has 29 heavy (non-hydrogen) atoms. The average molecular weight is 488 g/mol. The number of aryl methyl sites for hydroxylation is 1. The molecule has 0 bridgehead atoms. The van der Waals surface area contributed by atoms with Crippen LogP contribution >= 0.6 is 57.9 Å². The summed E-state index contributed by atoms with van der Waals surface area (Å²) in [5.41, 5.74) is 1.42. The fourth-order valence-electron chi connectivity index (χ4n) is 2.52. The molecule has 5 nitrogen and oxygen atoms in total. The number of anilines is 1. The van der Waals surface area contributed by atoms with Gasteiger partial charge in [-0.1, -0.05) is 59.6 Å². The van der Waals surface area contributed by atoms with Crippen molar-refractivity contribution in [3.63, 3.8) is 0 Å². The second-order valence-electron chi connectivity index (χ2n) is 5.94. The first kappa shape index (κ1) is 22.2. The zero-order valence-corrected chi connectivity index (χ0v) is 19.3. The van der Waals surface area contributed by atoms with Crippen LogP contribution in [-0.4, -0.2) is 26.4 Å². The van der Waals surface area contributed by atoms with Gasteiger partial charge in [-0.15, -0.1) is 28.1 Å². The van der Waals surface area contributed by atoms with Crippen LogP contribution in [0.1, 0.15) is 11.8 Å². The van der Waals surface area contributed by atoms with Gasteiger partial charge < -0.3 is 5.32 Å². The zero-order valence-electron chi connectivity index (χ0n) is 15.4. The Morgan fingerprint density at radius 1 is 1.24 bits per heavy atom. The molecule has 0 aliphatic rings. The molecule has 0 fully saturated rings. The van der Waals surface area contributed by atoms with Crippen molar-refractivity contribution in [3.8, 4) is 11.4 Å². The number of benzene rings is 1. The molecule has 3 aromatic rings. The van der Waals surface area contributed by atoms with Crippen LogP contribution in [0.5, 0.6) is 0 Å². The molecule has 1 amide bonds. The number of thiophene rings is 1. The van der Waals surface area contributed by atoms with Gasteiger partial charge in [0, 0.05) is 22.4 Å². The highest BCUT2D eigenvalue weighted by Crippen LogP contribution is 2.33. The lowest BCUT2D eigenvalue weighted by atomic mass is 10.2. The van der Waals surface area contributed by atoms with E-state index in [1.807, 2.05) is 4.57 Å². The summed E-state index contributed by atoms with van der Waals surface area (Å²) in [5.74, 6) is 0.653. The number of hydrogen-bond acceptors (Lipinski definition) is 5. The molecule has 0 unspecified atom stereocenters. The standard InChI is InChI=1S/C19H17Cl3N4OS2/c1-3-5-26-18(11-6-12(4-2)28-9-11)24-25-19(26)29-10-17(27)23-16-8-14(21)13(20)7-15(16)22/h3,6-9H,1,4-5,10H2,2H3,(H,23,27). The third kappa shape index (κ3) is 5.35. The summed E-state index contributed by atoms with van der Waals surface area (Å²) in [7, 11) is 0. The van der Waals surface area contributed by atoms with E-state index in [0.717, 1.165) is 17.8 Å². The third-order valence-corrected chi connectivity index (χ3v) is 6.99. The molecule has 1 N–H and O–H groups in total. The number of allylic oxidation sites excluding steroid dienone is 1. The second-order valence-corrected chi connectivity index (χ2v) is 9.10. The number of carbonyl (C=O) groups excluding carboxylic acids is 1. The van der Waals surface area contributed by atoms with Gasteiger partial charge in [0.2, 0.25) is 5.91 Å². The fourth-order valence-corrected chi connectivity index (χ4v) is 4.68. The van der Waals surface area contributed by atoms with Crippen molar-refractivity contribution in [1.82, 2.24) is 14.8 Å². The zero-order chi connectivity index (χ0) is 21.0. The van der Waals surface area contributed by atoms with E-state index in [1.54, 1.807) is 17.4 Å². The van der Waals surface area contributed by atoms with Crippen LogP contribution in [-0.2, 0) is 17.8 Å². The van der Waals surface area contributed by atoms with Gasteiger partial charge in [-0.25, -0.2) is 0 Å². The van der Waals surface area contributed by atoms with Crippen LogP contribution in [0, 0.1) is 0 Å². The molecule has 0 aliphatic heterocycles. The van der Waals surface area contributed by atoms with Gasteiger partial charge in [0.1, 0.15) is 0 Å². The summed E-state index contributed by atoms with van der Waals surface area (Å²) in [5, 5.41) is 15.0. The molecular weight excluding hydrogens is 471 g/mol. The highest BCUT2D eigenvalue weighted by molar-refractivity contribution is 7.99. The van der Waals surface area contributed by atoms with Gasteiger partial charge >= 0.3 is 0 Å². The Balaban J connectivity index is 1.72. The predicted octanol–water partition coefficient (Wildman–Crippen LogP) is 6.45. The summed E-state index contributed by atoms with van der Waals surface area (Å²) in [6, 6.07) is 5.13. The van der Waals surface area contributed by atoms with Crippen molar-refractivity contribution < 1.29 is 4.79 Å². The molecule has 0 aliphatic carbocycles. The first-order valence-corrected chi connectivity index (χ1v) is 11.6. The van der Waals surface area contributed by atoms with E-state index in [0.29, 0.717) is 32.5 Å². The minimum absolute atomic E-state index is 0.135. The monoisotopic (exact) mass is 486 g/mol. The van der Waals surface area contributed by atoms with E-state index < -0.39 is 0 Å². The minimum atomic E-state index is -0.242. The number of carbonyl (C=O) groups is 1. The number of amides is 1. The second kappa shape index (κ2) is 10.00. The average Bonchev–Trinajstić information content (AvgIpc) is 3.31. The van der Waals surface area contributed by atoms with Gasteiger partial charge in [-0.05, 0) is 24.6 Å². The molecule has 2 heterocycles. The van der Waals surface area contributed by atoms with Crippen molar-refractivity contribution in [2.75, 3.05) is 11.1 Å². The van der Waals surface area contributed by atoms with Crippen molar-refractivity contribution in [3.05, 3.63) is 56.2 Å². The smallest absolute Gasteiger partial charge is 0.234 e. The Morgan fingerprint density at radius 2 is 2.00 bits per heavy atom. The summed E-state index contributed by atoms with van der Waals surface area (Å²) < 4.78 is 1.94. The van der Waals surface area contributed by atoms with Gasteiger partial charge in [-0.3, -0.25) is 9.36 Å². The summed E-state index contributed by atoms with van der Waals surface area (Å²) >= 11 is 21.0.